The number of aromatic nitrogens is 1. The van der Waals surface area contributed by atoms with Crippen LogP contribution in [-0.4, -0.2) is 23.7 Å². The second kappa shape index (κ2) is 6.23. The van der Waals surface area contributed by atoms with Crippen LogP contribution in [0, 0.1) is 11.3 Å². The van der Waals surface area contributed by atoms with Crippen molar-refractivity contribution in [3.05, 3.63) is 30.1 Å². The molecular weight excluding hydrogens is 248 g/mol. The maximum atomic E-state index is 6.02. The molecule has 112 valence electrons. The van der Waals surface area contributed by atoms with Crippen molar-refractivity contribution >= 4 is 0 Å². The van der Waals surface area contributed by atoms with Gasteiger partial charge in [0.05, 0.1) is 11.8 Å². The molecule has 1 aliphatic carbocycles. The van der Waals surface area contributed by atoms with Crippen LogP contribution in [0.5, 0.6) is 0 Å². The lowest BCUT2D eigenvalue weighted by atomic mass is 9.64. The molecule has 0 amide bonds. The zero-order valence-electron chi connectivity index (χ0n) is 13.4. The molecule has 0 aliphatic heterocycles. The highest BCUT2D eigenvalue weighted by Gasteiger charge is 2.49. The molecule has 2 unspecified atom stereocenters. The van der Waals surface area contributed by atoms with Crippen LogP contribution in [-0.2, 0) is 4.74 Å². The van der Waals surface area contributed by atoms with Gasteiger partial charge < -0.3 is 10.1 Å². The predicted octanol–water partition coefficient (Wildman–Crippen LogP) is 3.57. The Morgan fingerprint density at radius 1 is 1.35 bits per heavy atom. The molecule has 0 bridgehead atoms. The van der Waals surface area contributed by atoms with Crippen LogP contribution in [0.15, 0.2) is 24.4 Å². The number of nitrogens with one attached hydrogen (secondary N) is 1. The average molecular weight is 276 g/mol. The van der Waals surface area contributed by atoms with E-state index in [1.165, 1.54) is 0 Å². The summed E-state index contributed by atoms with van der Waals surface area (Å²) in [7, 11) is 0. The van der Waals surface area contributed by atoms with Gasteiger partial charge in [0.2, 0.25) is 0 Å². The number of hydrogen-bond acceptors (Lipinski definition) is 3. The molecular formula is C17H28N2O. The highest BCUT2D eigenvalue weighted by molar-refractivity contribution is 5.10. The second-order valence-corrected chi connectivity index (χ2v) is 6.97. The van der Waals surface area contributed by atoms with Crippen LogP contribution in [0.4, 0.5) is 0 Å². The molecule has 3 heteroatoms. The molecule has 0 radical (unpaired) electrons. The lowest BCUT2D eigenvalue weighted by molar-refractivity contribution is -0.125. The molecule has 0 saturated heterocycles. The quantitative estimate of drug-likeness (QED) is 0.862. The van der Waals surface area contributed by atoms with Crippen LogP contribution >= 0.6 is 0 Å². The van der Waals surface area contributed by atoms with E-state index in [-0.39, 0.29) is 11.5 Å². The summed E-state index contributed by atoms with van der Waals surface area (Å²) in [5.41, 5.74) is 1.30. The summed E-state index contributed by atoms with van der Waals surface area (Å²) in [4.78, 5) is 4.42. The summed E-state index contributed by atoms with van der Waals surface area (Å²) < 4.78 is 6.02. The third-order valence-electron chi connectivity index (χ3n) is 4.39. The SMILES string of the molecule is CC(C)COC1CC(N[C@@H](C)c2ccccn2)C1(C)C. The molecule has 1 saturated carbocycles. The van der Waals surface area contributed by atoms with Gasteiger partial charge >= 0.3 is 0 Å². The minimum Gasteiger partial charge on any atom is -0.377 e. The Labute approximate surface area is 123 Å². The molecule has 0 spiro atoms. The van der Waals surface area contributed by atoms with Gasteiger partial charge in [-0.2, -0.15) is 0 Å². The molecule has 1 aromatic heterocycles. The topological polar surface area (TPSA) is 34.1 Å². The lowest BCUT2D eigenvalue weighted by Crippen LogP contribution is -2.61. The average Bonchev–Trinajstić information content (AvgIpc) is 2.42. The number of ether oxygens (including phenoxy) is 1. The van der Waals surface area contributed by atoms with Crippen LogP contribution < -0.4 is 5.32 Å². The summed E-state index contributed by atoms with van der Waals surface area (Å²) in [5.74, 6) is 0.602. The van der Waals surface area contributed by atoms with Crippen molar-refractivity contribution in [2.45, 2.75) is 59.2 Å². The number of rotatable bonds is 6. The summed E-state index contributed by atoms with van der Waals surface area (Å²) >= 11 is 0. The van der Waals surface area contributed by atoms with Crippen molar-refractivity contribution in [3.8, 4) is 0 Å². The summed E-state index contributed by atoms with van der Waals surface area (Å²) in [6.45, 7) is 12.0. The van der Waals surface area contributed by atoms with Crippen molar-refractivity contribution in [2.24, 2.45) is 11.3 Å². The third-order valence-corrected chi connectivity index (χ3v) is 4.39. The van der Waals surface area contributed by atoms with Crippen molar-refractivity contribution < 1.29 is 4.74 Å². The number of nitrogens with zero attached hydrogens (tertiary/aromatic N) is 1. The molecule has 3 atom stereocenters. The summed E-state index contributed by atoms with van der Waals surface area (Å²) in [6, 6.07) is 6.86. The Hall–Kier alpha value is -0.930. The normalized spacial score (nSPS) is 26.3. The zero-order valence-corrected chi connectivity index (χ0v) is 13.4. The van der Waals surface area contributed by atoms with Gasteiger partial charge in [-0.05, 0) is 31.4 Å². The van der Waals surface area contributed by atoms with Gasteiger partial charge in [0, 0.05) is 30.3 Å². The van der Waals surface area contributed by atoms with E-state index in [2.05, 4.69) is 51.0 Å². The highest BCUT2D eigenvalue weighted by Crippen LogP contribution is 2.43. The van der Waals surface area contributed by atoms with E-state index in [0.29, 0.717) is 18.1 Å². The minimum absolute atomic E-state index is 0.192. The van der Waals surface area contributed by atoms with E-state index in [1.807, 2.05) is 18.3 Å². The summed E-state index contributed by atoms with van der Waals surface area (Å²) in [6.07, 6.45) is 3.32. The van der Waals surface area contributed by atoms with E-state index in [1.54, 1.807) is 0 Å². The highest BCUT2D eigenvalue weighted by atomic mass is 16.5. The maximum Gasteiger partial charge on any atom is 0.0656 e. The molecule has 3 nitrogen and oxygen atoms in total. The largest absolute Gasteiger partial charge is 0.377 e. The Bertz CT molecular complexity index is 416. The Balaban J connectivity index is 1.86. The van der Waals surface area contributed by atoms with Crippen LogP contribution in [0.3, 0.4) is 0 Å². The van der Waals surface area contributed by atoms with Crippen LogP contribution in [0.25, 0.3) is 0 Å². The molecule has 1 N–H and O–H groups in total. The first kappa shape index (κ1) is 15.5. The van der Waals surface area contributed by atoms with E-state index in [0.717, 1.165) is 18.7 Å². The second-order valence-electron chi connectivity index (χ2n) is 6.97. The van der Waals surface area contributed by atoms with E-state index >= 15 is 0 Å². The molecule has 0 aromatic carbocycles. The molecule has 1 heterocycles. The van der Waals surface area contributed by atoms with Crippen molar-refractivity contribution in [1.29, 1.82) is 0 Å². The third kappa shape index (κ3) is 3.39. The molecule has 1 aliphatic rings. The monoisotopic (exact) mass is 276 g/mol. The van der Waals surface area contributed by atoms with Crippen molar-refractivity contribution in [1.82, 2.24) is 10.3 Å². The lowest BCUT2D eigenvalue weighted by Gasteiger charge is -2.53. The maximum absolute atomic E-state index is 6.02. The zero-order chi connectivity index (χ0) is 14.8. The van der Waals surface area contributed by atoms with Crippen LogP contribution in [0.2, 0.25) is 0 Å². The fourth-order valence-electron chi connectivity index (χ4n) is 2.78. The molecule has 1 aromatic rings. The smallest absolute Gasteiger partial charge is 0.0656 e. The van der Waals surface area contributed by atoms with Crippen molar-refractivity contribution in [3.63, 3.8) is 0 Å². The van der Waals surface area contributed by atoms with Gasteiger partial charge in [0.25, 0.3) is 0 Å². The predicted molar refractivity (Wildman–Crippen MR) is 82.6 cm³/mol. The Morgan fingerprint density at radius 3 is 2.65 bits per heavy atom. The van der Waals surface area contributed by atoms with Gasteiger partial charge in [-0.15, -0.1) is 0 Å². The first-order valence-electron chi connectivity index (χ1n) is 7.70. The fraction of sp³-hybridized carbons (Fsp3) is 0.706. The Morgan fingerprint density at radius 2 is 2.10 bits per heavy atom. The first-order valence-corrected chi connectivity index (χ1v) is 7.70. The van der Waals surface area contributed by atoms with E-state index in [4.69, 9.17) is 4.74 Å². The standard InChI is InChI=1S/C17H28N2O/c1-12(2)11-20-16-10-15(17(16,4)5)19-13(3)14-8-6-7-9-18-14/h6-9,12-13,15-16,19H,10-11H2,1-5H3/t13-,15?,16?/m0/s1. The summed E-state index contributed by atoms with van der Waals surface area (Å²) in [5, 5.41) is 3.70. The van der Waals surface area contributed by atoms with Crippen molar-refractivity contribution in [2.75, 3.05) is 6.61 Å². The molecule has 20 heavy (non-hydrogen) atoms. The minimum atomic E-state index is 0.192. The van der Waals surface area contributed by atoms with Gasteiger partial charge in [-0.1, -0.05) is 33.8 Å². The number of hydrogen-bond donors (Lipinski definition) is 1. The van der Waals surface area contributed by atoms with E-state index in [9.17, 15) is 0 Å². The van der Waals surface area contributed by atoms with Gasteiger partial charge in [-0.25, -0.2) is 0 Å². The molecule has 2 rings (SSSR count). The Kier molecular flexibility index (Phi) is 4.82. The van der Waals surface area contributed by atoms with Crippen LogP contribution in [0.1, 0.15) is 52.8 Å². The van der Waals surface area contributed by atoms with E-state index < -0.39 is 0 Å². The molecule has 1 fully saturated rings. The van der Waals surface area contributed by atoms with Gasteiger partial charge in [0.15, 0.2) is 0 Å². The van der Waals surface area contributed by atoms with Gasteiger partial charge in [0.1, 0.15) is 0 Å². The first-order chi connectivity index (χ1) is 9.41. The number of pyridine rings is 1. The van der Waals surface area contributed by atoms with Gasteiger partial charge in [-0.3, -0.25) is 4.98 Å². The fourth-order valence-corrected chi connectivity index (χ4v) is 2.78.